The van der Waals surface area contributed by atoms with E-state index in [1.54, 1.807) is 18.2 Å². The minimum Gasteiger partial charge on any atom is -0.492 e. The molecule has 1 N–H and O–H groups in total. The number of aromatic carboxylic acids is 1. The van der Waals surface area contributed by atoms with Crippen LogP contribution in [0.15, 0.2) is 53.1 Å². The highest BCUT2D eigenvalue weighted by Crippen LogP contribution is 2.42. The summed E-state index contributed by atoms with van der Waals surface area (Å²) in [6.07, 6.45) is 5.58. The molecule has 6 heteroatoms. The molecule has 0 spiro atoms. The summed E-state index contributed by atoms with van der Waals surface area (Å²) in [4.78, 5) is 11.3. The normalized spacial score (nSPS) is 21.8. The van der Waals surface area contributed by atoms with Crippen molar-refractivity contribution in [2.45, 2.75) is 32.2 Å². The maximum Gasteiger partial charge on any atom is 0.335 e. The monoisotopic (exact) mass is 399 g/mol. The summed E-state index contributed by atoms with van der Waals surface area (Å²) >= 11 is 0. The number of rotatable bonds is 3. The highest BCUT2D eigenvalue weighted by molar-refractivity contribution is 6.09. The Kier molecular flexibility index (Phi) is 4.32. The van der Waals surface area contributed by atoms with Crippen molar-refractivity contribution in [2.75, 3.05) is 11.6 Å². The van der Waals surface area contributed by atoms with Crippen molar-refractivity contribution in [1.82, 2.24) is 0 Å². The second kappa shape index (κ2) is 7.03. The quantitative estimate of drug-likeness (QED) is 0.779. The van der Waals surface area contributed by atoms with Crippen molar-refractivity contribution in [3.8, 4) is 11.8 Å². The topological polar surface area (TPSA) is 85.9 Å². The number of nitrogens with zero attached hydrogens (tertiary/aromatic N) is 3. The van der Waals surface area contributed by atoms with Crippen LogP contribution in [0, 0.1) is 24.2 Å². The molecule has 0 fully saturated rings. The lowest BCUT2D eigenvalue weighted by molar-refractivity contribution is 0.0696. The molecule has 150 valence electrons. The first kappa shape index (κ1) is 18.4. The number of fused-ring (bicyclic) bond motifs is 3. The third-order valence-corrected chi connectivity index (χ3v) is 6.19. The highest BCUT2D eigenvalue weighted by atomic mass is 16.5. The summed E-state index contributed by atoms with van der Waals surface area (Å²) in [6, 6.07) is 13.1. The van der Waals surface area contributed by atoms with Gasteiger partial charge in [0.25, 0.3) is 0 Å². The molecule has 1 aliphatic carbocycles. The molecule has 0 saturated carbocycles. The second-order valence-electron chi connectivity index (χ2n) is 7.99. The van der Waals surface area contributed by atoms with Crippen LogP contribution in [-0.4, -0.2) is 29.4 Å². The van der Waals surface area contributed by atoms with E-state index in [0.29, 0.717) is 17.9 Å². The van der Waals surface area contributed by atoms with Crippen LogP contribution in [0.2, 0.25) is 0 Å². The van der Waals surface area contributed by atoms with Gasteiger partial charge >= 0.3 is 5.97 Å². The van der Waals surface area contributed by atoms with Gasteiger partial charge in [-0.15, -0.1) is 0 Å². The zero-order chi connectivity index (χ0) is 20.8. The Hall–Kier alpha value is -3.59. The molecule has 2 aliphatic heterocycles. The molecule has 0 aromatic heterocycles. The minimum atomic E-state index is -0.972. The molecule has 2 aromatic rings. The van der Waals surface area contributed by atoms with Crippen LogP contribution in [0.1, 0.15) is 46.3 Å². The SMILES string of the molecule is Cc1cc(N2N=C3c4ccc(C(=O)O)cc4OC[C@@H]3[C@@H]2C2=CCCC2)ccc1C#N. The first-order valence-electron chi connectivity index (χ1n) is 10.1. The van der Waals surface area contributed by atoms with Gasteiger partial charge in [-0.1, -0.05) is 6.08 Å². The zero-order valence-electron chi connectivity index (χ0n) is 16.6. The van der Waals surface area contributed by atoms with E-state index in [0.717, 1.165) is 41.8 Å². The van der Waals surface area contributed by atoms with Gasteiger partial charge in [0, 0.05) is 5.56 Å². The van der Waals surface area contributed by atoms with Crippen molar-refractivity contribution in [3.05, 3.63) is 70.3 Å². The van der Waals surface area contributed by atoms with Gasteiger partial charge in [0.1, 0.15) is 5.75 Å². The molecule has 0 amide bonds. The Morgan fingerprint density at radius 2 is 2.17 bits per heavy atom. The van der Waals surface area contributed by atoms with Gasteiger partial charge in [0.2, 0.25) is 0 Å². The van der Waals surface area contributed by atoms with E-state index in [9.17, 15) is 15.2 Å². The molecule has 6 nitrogen and oxygen atoms in total. The smallest absolute Gasteiger partial charge is 0.335 e. The van der Waals surface area contributed by atoms with E-state index in [-0.39, 0.29) is 17.5 Å². The van der Waals surface area contributed by atoms with Gasteiger partial charge in [-0.2, -0.15) is 10.4 Å². The average Bonchev–Trinajstić information content (AvgIpc) is 3.40. The highest BCUT2D eigenvalue weighted by Gasteiger charge is 2.44. The third kappa shape index (κ3) is 2.86. The van der Waals surface area contributed by atoms with E-state index in [1.165, 1.54) is 5.57 Å². The number of benzene rings is 2. The van der Waals surface area contributed by atoms with Crippen molar-refractivity contribution in [3.63, 3.8) is 0 Å². The molecule has 0 radical (unpaired) electrons. The molecule has 2 heterocycles. The molecule has 3 aliphatic rings. The van der Waals surface area contributed by atoms with E-state index in [1.807, 2.05) is 25.1 Å². The maximum atomic E-state index is 11.3. The Morgan fingerprint density at radius 1 is 1.30 bits per heavy atom. The average molecular weight is 399 g/mol. The lowest BCUT2D eigenvalue weighted by Crippen LogP contribution is -2.40. The lowest BCUT2D eigenvalue weighted by atomic mass is 9.85. The van der Waals surface area contributed by atoms with Crippen LogP contribution in [0.3, 0.4) is 0 Å². The number of ether oxygens (including phenoxy) is 1. The molecule has 0 bridgehead atoms. The Morgan fingerprint density at radius 3 is 2.87 bits per heavy atom. The lowest BCUT2D eigenvalue weighted by Gasteiger charge is -2.31. The number of carbonyl (C=O) groups is 1. The van der Waals surface area contributed by atoms with E-state index in [4.69, 9.17) is 9.84 Å². The fourth-order valence-corrected chi connectivity index (χ4v) is 4.68. The summed E-state index contributed by atoms with van der Waals surface area (Å²) < 4.78 is 6.02. The summed E-state index contributed by atoms with van der Waals surface area (Å²) in [5, 5.41) is 25.7. The first-order valence-corrected chi connectivity index (χ1v) is 10.1. The van der Waals surface area contributed by atoms with Crippen LogP contribution in [0.25, 0.3) is 0 Å². The largest absolute Gasteiger partial charge is 0.492 e. The van der Waals surface area contributed by atoms with Gasteiger partial charge < -0.3 is 9.84 Å². The minimum absolute atomic E-state index is 0.0714. The molecule has 2 aromatic carbocycles. The number of carboxylic acids is 1. The van der Waals surface area contributed by atoms with Gasteiger partial charge in [-0.05, 0) is 73.7 Å². The number of carboxylic acid groups (broad SMARTS) is 1. The van der Waals surface area contributed by atoms with Gasteiger partial charge in [0.05, 0.1) is 47.2 Å². The van der Waals surface area contributed by atoms with Crippen molar-refractivity contribution < 1.29 is 14.6 Å². The van der Waals surface area contributed by atoms with Gasteiger partial charge in [-0.25, -0.2) is 4.79 Å². The zero-order valence-corrected chi connectivity index (χ0v) is 16.6. The van der Waals surface area contributed by atoms with Gasteiger partial charge in [-0.3, -0.25) is 5.01 Å². The summed E-state index contributed by atoms with van der Waals surface area (Å²) in [6.45, 7) is 2.40. The summed E-state index contributed by atoms with van der Waals surface area (Å²) in [7, 11) is 0. The second-order valence-corrected chi connectivity index (χ2v) is 7.99. The van der Waals surface area contributed by atoms with Gasteiger partial charge in [0.15, 0.2) is 0 Å². The third-order valence-electron chi connectivity index (χ3n) is 6.19. The van der Waals surface area contributed by atoms with E-state index >= 15 is 0 Å². The Bertz CT molecular complexity index is 1160. The number of hydrazone groups is 1. The number of hydrogen-bond donors (Lipinski definition) is 1. The van der Waals surface area contributed by atoms with Crippen LogP contribution in [0.4, 0.5) is 5.69 Å². The van der Waals surface area contributed by atoms with E-state index in [2.05, 4.69) is 17.2 Å². The number of nitriles is 1. The summed E-state index contributed by atoms with van der Waals surface area (Å²) in [5.41, 5.74) is 5.91. The fourth-order valence-electron chi connectivity index (χ4n) is 4.68. The summed E-state index contributed by atoms with van der Waals surface area (Å²) in [5.74, 6) is -0.323. The molecule has 5 rings (SSSR count). The predicted molar refractivity (Wildman–Crippen MR) is 113 cm³/mol. The van der Waals surface area contributed by atoms with Crippen molar-refractivity contribution in [2.24, 2.45) is 11.0 Å². The van der Waals surface area contributed by atoms with Crippen LogP contribution in [0.5, 0.6) is 5.75 Å². The standard InChI is InChI=1S/C24H21N3O3/c1-14-10-18(8-6-17(14)12-25)27-23(15-4-2-3-5-15)20-13-30-21-11-16(24(28)29)7-9-19(21)22(20)26-27/h4,6-11,20,23H,2-3,5,13H2,1H3,(H,28,29)/t20-,23-/m0/s1. The molecule has 30 heavy (non-hydrogen) atoms. The maximum absolute atomic E-state index is 11.3. The number of anilines is 1. The van der Waals surface area contributed by atoms with Crippen molar-refractivity contribution >= 4 is 17.4 Å². The molecule has 2 atom stereocenters. The molecule has 0 saturated heterocycles. The Balaban J connectivity index is 1.61. The molecule has 0 unspecified atom stereocenters. The molecular weight excluding hydrogens is 378 g/mol. The Labute approximate surface area is 174 Å². The van der Waals surface area contributed by atoms with Crippen LogP contribution in [-0.2, 0) is 0 Å². The number of hydrogen-bond acceptors (Lipinski definition) is 5. The first-order chi connectivity index (χ1) is 14.6. The van der Waals surface area contributed by atoms with Crippen LogP contribution < -0.4 is 9.75 Å². The number of aryl methyl sites for hydroxylation is 1. The fraction of sp³-hybridized carbons (Fsp3) is 0.292. The molecular formula is C24H21N3O3. The predicted octanol–water partition coefficient (Wildman–Crippen LogP) is 4.28. The van der Waals surface area contributed by atoms with Crippen LogP contribution >= 0.6 is 0 Å². The number of allylic oxidation sites excluding steroid dienone is 1. The van der Waals surface area contributed by atoms with E-state index < -0.39 is 5.97 Å². The van der Waals surface area contributed by atoms with Crippen molar-refractivity contribution in [1.29, 1.82) is 5.26 Å².